The van der Waals surface area contributed by atoms with Gasteiger partial charge in [-0.1, -0.05) is 18.2 Å². The van der Waals surface area contributed by atoms with Crippen molar-refractivity contribution in [3.05, 3.63) is 101 Å². The Labute approximate surface area is 306 Å². The highest BCUT2D eigenvalue weighted by Crippen LogP contribution is 2.40. The summed E-state index contributed by atoms with van der Waals surface area (Å²) in [6.45, 7) is 0. The van der Waals surface area contributed by atoms with Crippen LogP contribution in [0.15, 0.2) is 72.8 Å². The molecule has 0 aliphatic heterocycles. The Morgan fingerprint density at radius 2 is 1.13 bits per heavy atom. The molecular formula is C38H36O16. The van der Waals surface area contributed by atoms with Crippen LogP contribution in [-0.4, -0.2) is 91.2 Å². The molecule has 0 aliphatic carbocycles. The number of benzene rings is 4. The minimum Gasteiger partial charge on any atom is -0.504 e. The number of carbonyl (C=O) groups excluding carboxylic acids is 4. The molecule has 0 saturated carbocycles. The normalized spacial score (nSPS) is 12.7. The number of hydrogen-bond donors (Lipinski definition) is 8. The molecule has 284 valence electrons. The van der Waals surface area contributed by atoms with Crippen LogP contribution in [0.5, 0.6) is 46.0 Å². The lowest BCUT2D eigenvalue weighted by Gasteiger charge is -2.24. The van der Waals surface area contributed by atoms with E-state index in [9.17, 15) is 60.0 Å². The van der Waals surface area contributed by atoms with E-state index in [-0.39, 0.29) is 28.9 Å². The third-order valence-corrected chi connectivity index (χ3v) is 8.12. The highest BCUT2D eigenvalue weighted by Gasteiger charge is 2.32. The lowest BCUT2D eigenvalue weighted by molar-refractivity contribution is -0.166. The Kier molecular flexibility index (Phi) is 12.8. The average molecular weight is 749 g/mol. The lowest BCUT2D eigenvalue weighted by atomic mass is 9.83. The number of esters is 4. The van der Waals surface area contributed by atoms with Gasteiger partial charge in [-0.05, 0) is 82.4 Å². The first-order valence-electron chi connectivity index (χ1n) is 15.9. The summed E-state index contributed by atoms with van der Waals surface area (Å²) in [4.78, 5) is 51.9. The van der Waals surface area contributed by atoms with Crippen molar-refractivity contribution in [3.8, 4) is 46.0 Å². The standard InChI is InChI=1S/C38H36O16/c1-51-37(49)33(13-20-4-8-26(40)29(43)12-20)54-36(48)18-24(21-6-9-27(41)30(44)14-21)23-17-32(46)31(45)15-22(23)16-34(38(50)52-2)53-35(47)10-5-19-3-7-25(39)28(42)11-19/h3-12,14-15,17,24,33-34,39-46H,13,16,18H2,1-2H3. The highest BCUT2D eigenvalue weighted by molar-refractivity contribution is 5.89. The molecule has 0 spiro atoms. The largest absolute Gasteiger partial charge is 0.504 e. The summed E-state index contributed by atoms with van der Waals surface area (Å²) in [5, 5.41) is 80.2. The molecule has 0 amide bonds. The molecule has 4 rings (SSSR count). The van der Waals surface area contributed by atoms with E-state index in [1.165, 1.54) is 42.5 Å². The molecule has 8 N–H and O–H groups in total. The fourth-order valence-corrected chi connectivity index (χ4v) is 5.38. The fourth-order valence-electron chi connectivity index (χ4n) is 5.38. The van der Waals surface area contributed by atoms with Crippen molar-refractivity contribution in [1.29, 1.82) is 0 Å². The predicted octanol–water partition coefficient (Wildman–Crippen LogP) is 3.52. The SMILES string of the molecule is COC(=O)C(Cc1cc(O)c(O)cc1C(CC(=O)OC(Cc1ccc(O)c(O)c1)C(=O)OC)c1ccc(O)c(O)c1)OC(=O)C=Cc1ccc(O)c(O)c1. The molecule has 0 aromatic heterocycles. The molecular weight excluding hydrogens is 712 g/mol. The molecule has 0 radical (unpaired) electrons. The van der Waals surface area contributed by atoms with Crippen molar-refractivity contribution < 1.29 is 79.0 Å². The number of methoxy groups -OCH3 is 2. The molecule has 0 bridgehead atoms. The maximum absolute atomic E-state index is 13.6. The fraction of sp³-hybridized carbons (Fsp3) is 0.211. The number of ether oxygens (including phenoxy) is 4. The van der Waals surface area contributed by atoms with Crippen molar-refractivity contribution >= 4 is 30.0 Å². The molecule has 0 saturated heterocycles. The van der Waals surface area contributed by atoms with Crippen molar-refractivity contribution in [2.24, 2.45) is 0 Å². The van der Waals surface area contributed by atoms with Crippen LogP contribution in [0.3, 0.4) is 0 Å². The Morgan fingerprint density at radius 3 is 1.72 bits per heavy atom. The highest BCUT2D eigenvalue weighted by atomic mass is 16.6. The van der Waals surface area contributed by atoms with Gasteiger partial charge in [-0.25, -0.2) is 14.4 Å². The van der Waals surface area contributed by atoms with Crippen LogP contribution < -0.4 is 0 Å². The maximum Gasteiger partial charge on any atom is 0.347 e. The summed E-state index contributed by atoms with van der Waals surface area (Å²) in [7, 11) is 2.09. The zero-order valence-electron chi connectivity index (χ0n) is 28.7. The van der Waals surface area contributed by atoms with Gasteiger partial charge in [-0.2, -0.15) is 0 Å². The van der Waals surface area contributed by atoms with Crippen LogP contribution in [0.25, 0.3) is 6.08 Å². The number of carbonyl (C=O) groups is 4. The van der Waals surface area contributed by atoms with Crippen LogP contribution in [0.1, 0.15) is 40.2 Å². The monoisotopic (exact) mass is 748 g/mol. The molecule has 54 heavy (non-hydrogen) atoms. The Hall–Kier alpha value is -7.10. The summed E-state index contributed by atoms with van der Waals surface area (Å²) in [5.74, 6) is -9.42. The van der Waals surface area contributed by atoms with E-state index in [2.05, 4.69) is 0 Å². The van der Waals surface area contributed by atoms with Crippen LogP contribution in [-0.2, 0) is 51.0 Å². The van der Waals surface area contributed by atoms with Crippen molar-refractivity contribution in [2.75, 3.05) is 14.2 Å². The van der Waals surface area contributed by atoms with Gasteiger partial charge in [-0.3, -0.25) is 4.79 Å². The minimum absolute atomic E-state index is 0.0374. The number of hydrogen-bond acceptors (Lipinski definition) is 16. The number of phenols is 8. The Bertz CT molecular complexity index is 2070. The van der Waals surface area contributed by atoms with E-state index in [4.69, 9.17) is 18.9 Å². The predicted molar refractivity (Wildman–Crippen MR) is 186 cm³/mol. The van der Waals surface area contributed by atoms with Gasteiger partial charge in [0.1, 0.15) is 0 Å². The van der Waals surface area contributed by atoms with Gasteiger partial charge in [0.05, 0.1) is 20.6 Å². The van der Waals surface area contributed by atoms with E-state index >= 15 is 0 Å². The molecule has 0 aliphatic rings. The summed E-state index contributed by atoms with van der Waals surface area (Å²) >= 11 is 0. The maximum atomic E-state index is 13.6. The number of aromatic hydroxyl groups is 8. The van der Waals surface area contributed by atoms with Crippen molar-refractivity contribution in [1.82, 2.24) is 0 Å². The van der Waals surface area contributed by atoms with Crippen LogP contribution in [0.2, 0.25) is 0 Å². The number of phenolic OH excluding ortho intramolecular Hbond substituents is 8. The lowest BCUT2D eigenvalue weighted by Crippen LogP contribution is -2.32. The molecule has 0 heterocycles. The second-order valence-corrected chi connectivity index (χ2v) is 11.8. The van der Waals surface area contributed by atoms with Gasteiger partial charge >= 0.3 is 23.9 Å². The molecule has 4 aromatic carbocycles. The van der Waals surface area contributed by atoms with Gasteiger partial charge in [0.2, 0.25) is 12.2 Å². The van der Waals surface area contributed by atoms with E-state index < -0.39 is 95.1 Å². The third-order valence-electron chi connectivity index (χ3n) is 8.12. The zero-order chi connectivity index (χ0) is 39.7. The first kappa shape index (κ1) is 39.7. The molecule has 16 heteroatoms. The molecule has 3 atom stereocenters. The third kappa shape index (κ3) is 10.0. The second-order valence-electron chi connectivity index (χ2n) is 11.8. The smallest absolute Gasteiger partial charge is 0.347 e. The number of rotatable bonds is 14. The first-order chi connectivity index (χ1) is 25.6. The quantitative estimate of drug-likeness (QED) is 0.0397. The summed E-state index contributed by atoms with van der Waals surface area (Å²) in [6.07, 6.45) is -2.45. The molecule has 3 unspecified atom stereocenters. The first-order valence-corrected chi connectivity index (χ1v) is 15.9. The van der Waals surface area contributed by atoms with Crippen LogP contribution in [0.4, 0.5) is 0 Å². The molecule has 0 fully saturated rings. The van der Waals surface area contributed by atoms with Crippen LogP contribution in [0, 0.1) is 0 Å². The van der Waals surface area contributed by atoms with E-state index in [1.807, 2.05) is 0 Å². The Morgan fingerprint density at radius 1 is 0.593 bits per heavy atom. The van der Waals surface area contributed by atoms with Gasteiger partial charge in [0, 0.05) is 24.8 Å². The van der Waals surface area contributed by atoms with Crippen molar-refractivity contribution in [3.63, 3.8) is 0 Å². The summed E-state index contributed by atoms with van der Waals surface area (Å²) < 4.78 is 20.5. The average Bonchev–Trinajstić information content (AvgIpc) is 3.14. The van der Waals surface area contributed by atoms with E-state index in [1.54, 1.807) is 0 Å². The topological polar surface area (TPSA) is 267 Å². The minimum atomic E-state index is -1.67. The van der Waals surface area contributed by atoms with Crippen molar-refractivity contribution in [2.45, 2.75) is 37.4 Å². The molecule has 16 nitrogen and oxygen atoms in total. The van der Waals surface area contributed by atoms with E-state index in [0.717, 1.165) is 50.6 Å². The van der Waals surface area contributed by atoms with Gasteiger partial charge in [0.15, 0.2) is 46.0 Å². The van der Waals surface area contributed by atoms with Crippen LogP contribution >= 0.6 is 0 Å². The second kappa shape index (κ2) is 17.4. The zero-order valence-corrected chi connectivity index (χ0v) is 28.7. The van der Waals surface area contributed by atoms with Gasteiger partial charge < -0.3 is 59.8 Å². The van der Waals surface area contributed by atoms with Gasteiger partial charge in [-0.15, -0.1) is 0 Å². The Balaban J connectivity index is 1.70. The van der Waals surface area contributed by atoms with E-state index in [0.29, 0.717) is 11.1 Å². The molecule has 4 aromatic rings. The summed E-state index contributed by atoms with van der Waals surface area (Å²) in [6, 6.07) is 13.1. The summed E-state index contributed by atoms with van der Waals surface area (Å²) in [5.41, 5.74) is 0.822. The van der Waals surface area contributed by atoms with Gasteiger partial charge in [0.25, 0.3) is 0 Å².